The standard InChI is InChI=1S/C15H23N/c1-15(2)8-6-13(7-9-15)14-5-3-4-12(10-14)11-16/h3-5,10,13H,6-9,11,16H2,1-2H3. The Balaban J connectivity index is 2.08. The zero-order valence-electron chi connectivity index (χ0n) is 10.5. The van der Waals surface area contributed by atoms with E-state index in [9.17, 15) is 0 Å². The predicted octanol–water partition coefficient (Wildman–Crippen LogP) is 3.83. The minimum atomic E-state index is 0.558. The molecule has 1 aliphatic rings. The van der Waals surface area contributed by atoms with Gasteiger partial charge in [0.05, 0.1) is 0 Å². The Morgan fingerprint density at radius 3 is 2.56 bits per heavy atom. The van der Waals surface area contributed by atoms with Gasteiger partial charge < -0.3 is 5.73 Å². The molecule has 1 heteroatoms. The molecule has 16 heavy (non-hydrogen) atoms. The minimum absolute atomic E-state index is 0.558. The van der Waals surface area contributed by atoms with Crippen LogP contribution in [0, 0.1) is 5.41 Å². The van der Waals surface area contributed by atoms with Crippen molar-refractivity contribution < 1.29 is 0 Å². The molecule has 0 heterocycles. The highest BCUT2D eigenvalue weighted by Crippen LogP contribution is 2.42. The normalized spacial score (nSPS) is 20.9. The number of hydrogen-bond donors (Lipinski definition) is 1. The number of hydrogen-bond acceptors (Lipinski definition) is 1. The van der Waals surface area contributed by atoms with Gasteiger partial charge >= 0.3 is 0 Å². The van der Waals surface area contributed by atoms with Gasteiger partial charge in [0.2, 0.25) is 0 Å². The topological polar surface area (TPSA) is 26.0 Å². The Hall–Kier alpha value is -0.820. The third kappa shape index (κ3) is 2.65. The summed E-state index contributed by atoms with van der Waals surface area (Å²) in [5.41, 5.74) is 9.01. The van der Waals surface area contributed by atoms with Crippen LogP contribution >= 0.6 is 0 Å². The molecule has 0 radical (unpaired) electrons. The summed E-state index contributed by atoms with van der Waals surface area (Å²) in [5, 5.41) is 0. The van der Waals surface area contributed by atoms with E-state index in [1.54, 1.807) is 0 Å². The van der Waals surface area contributed by atoms with E-state index in [4.69, 9.17) is 5.73 Å². The number of rotatable bonds is 2. The molecule has 0 bridgehead atoms. The average Bonchev–Trinajstić information content (AvgIpc) is 2.29. The van der Waals surface area contributed by atoms with Gasteiger partial charge in [-0.25, -0.2) is 0 Å². The molecule has 0 atom stereocenters. The van der Waals surface area contributed by atoms with Gasteiger partial charge in [0.1, 0.15) is 0 Å². The van der Waals surface area contributed by atoms with Crippen LogP contribution in [0.25, 0.3) is 0 Å². The first-order valence-corrected chi connectivity index (χ1v) is 6.40. The molecule has 1 fully saturated rings. The lowest BCUT2D eigenvalue weighted by Gasteiger charge is -2.34. The first-order valence-electron chi connectivity index (χ1n) is 6.40. The molecule has 2 N–H and O–H groups in total. The van der Waals surface area contributed by atoms with Gasteiger partial charge in [-0.2, -0.15) is 0 Å². The Kier molecular flexibility index (Phi) is 3.34. The second kappa shape index (κ2) is 4.58. The van der Waals surface area contributed by atoms with Crippen molar-refractivity contribution in [2.75, 3.05) is 0 Å². The Labute approximate surface area is 99.0 Å². The maximum atomic E-state index is 5.69. The fourth-order valence-electron chi connectivity index (χ4n) is 2.71. The van der Waals surface area contributed by atoms with Crippen LogP contribution in [0.4, 0.5) is 0 Å². The molecule has 1 aromatic rings. The second-order valence-corrected chi connectivity index (χ2v) is 5.89. The molecule has 0 aliphatic heterocycles. The third-order valence-electron chi connectivity index (χ3n) is 4.00. The monoisotopic (exact) mass is 217 g/mol. The molecule has 1 nitrogen and oxygen atoms in total. The maximum Gasteiger partial charge on any atom is 0.0178 e. The van der Waals surface area contributed by atoms with E-state index in [0.717, 1.165) is 5.92 Å². The van der Waals surface area contributed by atoms with Crippen LogP contribution in [-0.2, 0) is 6.54 Å². The van der Waals surface area contributed by atoms with Gasteiger partial charge in [-0.1, -0.05) is 38.1 Å². The quantitative estimate of drug-likeness (QED) is 0.800. The molecule has 0 saturated heterocycles. The highest BCUT2D eigenvalue weighted by Gasteiger charge is 2.27. The van der Waals surface area contributed by atoms with Gasteiger partial charge in [0.15, 0.2) is 0 Å². The summed E-state index contributed by atoms with van der Waals surface area (Å²) in [6.45, 7) is 5.44. The fourth-order valence-corrected chi connectivity index (χ4v) is 2.71. The van der Waals surface area contributed by atoms with E-state index in [1.807, 2.05) is 0 Å². The Morgan fingerprint density at radius 1 is 1.25 bits per heavy atom. The summed E-state index contributed by atoms with van der Waals surface area (Å²) in [5.74, 6) is 0.763. The van der Waals surface area contributed by atoms with Crippen molar-refractivity contribution >= 4 is 0 Å². The zero-order valence-corrected chi connectivity index (χ0v) is 10.5. The van der Waals surface area contributed by atoms with Crippen molar-refractivity contribution in [1.82, 2.24) is 0 Å². The van der Waals surface area contributed by atoms with E-state index < -0.39 is 0 Å². The number of benzene rings is 1. The highest BCUT2D eigenvalue weighted by atomic mass is 14.5. The van der Waals surface area contributed by atoms with Crippen molar-refractivity contribution in [3.05, 3.63) is 35.4 Å². The van der Waals surface area contributed by atoms with Crippen molar-refractivity contribution in [3.63, 3.8) is 0 Å². The van der Waals surface area contributed by atoms with Crippen LogP contribution in [0.3, 0.4) is 0 Å². The number of nitrogens with two attached hydrogens (primary N) is 1. The van der Waals surface area contributed by atoms with E-state index in [1.165, 1.54) is 36.8 Å². The molecular weight excluding hydrogens is 194 g/mol. The van der Waals surface area contributed by atoms with Crippen LogP contribution in [0.1, 0.15) is 56.6 Å². The first-order chi connectivity index (χ1) is 7.61. The van der Waals surface area contributed by atoms with Crippen LogP contribution in [0.15, 0.2) is 24.3 Å². The lowest BCUT2D eigenvalue weighted by molar-refractivity contribution is 0.224. The Morgan fingerprint density at radius 2 is 1.94 bits per heavy atom. The predicted molar refractivity (Wildman–Crippen MR) is 69.3 cm³/mol. The largest absolute Gasteiger partial charge is 0.326 e. The minimum Gasteiger partial charge on any atom is -0.326 e. The van der Waals surface area contributed by atoms with Crippen molar-refractivity contribution in [1.29, 1.82) is 0 Å². The van der Waals surface area contributed by atoms with Crippen LogP contribution in [0.5, 0.6) is 0 Å². The molecule has 0 spiro atoms. The lowest BCUT2D eigenvalue weighted by Crippen LogP contribution is -2.20. The summed E-state index contributed by atoms with van der Waals surface area (Å²) >= 11 is 0. The molecule has 88 valence electrons. The highest BCUT2D eigenvalue weighted by molar-refractivity contribution is 5.26. The molecule has 2 rings (SSSR count). The van der Waals surface area contributed by atoms with Gasteiger partial charge in [-0.3, -0.25) is 0 Å². The molecule has 0 aromatic heterocycles. The summed E-state index contributed by atoms with van der Waals surface area (Å²) in [6, 6.07) is 8.83. The molecule has 1 aromatic carbocycles. The van der Waals surface area contributed by atoms with E-state index in [0.29, 0.717) is 12.0 Å². The summed E-state index contributed by atoms with van der Waals surface area (Å²) in [6.07, 6.45) is 5.37. The van der Waals surface area contributed by atoms with Crippen molar-refractivity contribution in [2.24, 2.45) is 11.1 Å². The van der Waals surface area contributed by atoms with Crippen LogP contribution in [-0.4, -0.2) is 0 Å². The van der Waals surface area contributed by atoms with E-state index in [2.05, 4.69) is 38.1 Å². The first kappa shape index (κ1) is 11.7. The Bertz CT molecular complexity index is 344. The molecule has 0 unspecified atom stereocenters. The summed E-state index contributed by atoms with van der Waals surface area (Å²) < 4.78 is 0. The fraction of sp³-hybridized carbons (Fsp3) is 0.600. The molecular formula is C15H23N. The summed E-state index contributed by atoms with van der Waals surface area (Å²) in [7, 11) is 0. The molecule has 0 amide bonds. The van der Waals surface area contributed by atoms with Gasteiger partial charge in [-0.15, -0.1) is 0 Å². The van der Waals surface area contributed by atoms with Gasteiger partial charge in [0.25, 0.3) is 0 Å². The van der Waals surface area contributed by atoms with E-state index >= 15 is 0 Å². The van der Waals surface area contributed by atoms with Crippen molar-refractivity contribution in [2.45, 2.75) is 52.0 Å². The van der Waals surface area contributed by atoms with Gasteiger partial charge in [0, 0.05) is 6.54 Å². The smallest absolute Gasteiger partial charge is 0.0178 e. The second-order valence-electron chi connectivity index (χ2n) is 5.89. The summed E-state index contributed by atoms with van der Waals surface area (Å²) in [4.78, 5) is 0. The van der Waals surface area contributed by atoms with Crippen LogP contribution < -0.4 is 5.73 Å². The average molecular weight is 217 g/mol. The lowest BCUT2D eigenvalue weighted by atomic mass is 9.71. The third-order valence-corrected chi connectivity index (χ3v) is 4.00. The van der Waals surface area contributed by atoms with Crippen molar-refractivity contribution in [3.8, 4) is 0 Å². The van der Waals surface area contributed by atoms with Crippen LogP contribution in [0.2, 0.25) is 0 Å². The SMILES string of the molecule is CC1(C)CCC(c2cccc(CN)c2)CC1. The molecule has 1 saturated carbocycles. The maximum absolute atomic E-state index is 5.69. The van der Waals surface area contributed by atoms with E-state index in [-0.39, 0.29) is 0 Å². The van der Waals surface area contributed by atoms with Gasteiger partial charge in [-0.05, 0) is 48.1 Å². The zero-order chi connectivity index (χ0) is 11.6. The molecule has 1 aliphatic carbocycles.